The summed E-state index contributed by atoms with van der Waals surface area (Å²) in [6, 6.07) is 14.2. The Hall–Kier alpha value is -3.06. The second-order valence-electron chi connectivity index (χ2n) is 6.30. The highest BCUT2D eigenvalue weighted by molar-refractivity contribution is 6.04. The van der Waals surface area contributed by atoms with Gasteiger partial charge >= 0.3 is 0 Å². The SMILES string of the molecule is O=C(Nc1ccccc1C(=O)N1CCOCC1)[C@@H]1COc2ccccc2O1. The molecule has 1 saturated heterocycles. The zero-order chi connectivity index (χ0) is 18.6. The molecule has 1 N–H and O–H groups in total. The lowest BCUT2D eigenvalue weighted by atomic mass is 10.1. The molecule has 2 amide bonds. The highest BCUT2D eigenvalue weighted by atomic mass is 16.6. The number of hydrogen-bond acceptors (Lipinski definition) is 5. The van der Waals surface area contributed by atoms with Crippen LogP contribution < -0.4 is 14.8 Å². The molecule has 27 heavy (non-hydrogen) atoms. The van der Waals surface area contributed by atoms with Crippen LogP contribution >= 0.6 is 0 Å². The zero-order valence-corrected chi connectivity index (χ0v) is 14.7. The van der Waals surface area contributed by atoms with Gasteiger partial charge in [-0.1, -0.05) is 24.3 Å². The Morgan fingerprint density at radius 2 is 1.67 bits per heavy atom. The van der Waals surface area contributed by atoms with Crippen molar-refractivity contribution in [1.29, 1.82) is 0 Å². The molecule has 0 bridgehead atoms. The number of hydrogen-bond donors (Lipinski definition) is 1. The molecule has 7 nitrogen and oxygen atoms in total. The number of nitrogens with zero attached hydrogens (tertiary/aromatic N) is 1. The second kappa shape index (κ2) is 7.67. The molecule has 0 unspecified atom stereocenters. The molecular formula is C20H20N2O5. The predicted molar refractivity (Wildman–Crippen MR) is 98.1 cm³/mol. The first-order valence-corrected chi connectivity index (χ1v) is 8.88. The monoisotopic (exact) mass is 368 g/mol. The summed E-state index contributed by atoms with van der Waals surface area (Å²) in [4.78, 5) is 27.2. The molecule has 0 radical (unpaired) electrons. The minimum atomic E-state index is -0.786. The molecule has 0 aromatic heterocycles. The smallest absolute Gasteiger partial charge is 0.269 e. The molecule has 2 aromatic rings. The normalized spacial score (nSPS) is 18.7. The van der Waals surface area contributed by atoms with Crippen LogP contribution in [0.15, 0.2) is 48.5 Å². The first-order chi connectivity index (χ1) is 13.2. The fourth-order valence-corrected chi connectivity index (χ4v) is 3.08. The van der Waals surface area contributed by atoms with Gasteiger partial charge in [-0.2, -0.15) is 0 Å². The largest absolute Gasteiger partial charge is 0.485 e. The van der Waals surface area contributed by atoms with E-state index in [-0.39, 0.29) is 18.4 Å². The number of carbonyl (C=O) groups is 2. The summed E-state index contributed by atoms with van der Waals surface area (Å²) in [5, 5.41) is 2.81. The van der Waals surface area contributed by atoms with E-state index in [1.54, 1.807) is 41.3 Å². The van der Waals surface area contributed by atoms with Crippen LogP contribution in [0.5, 0.6) is 11.5 Å². The number of para-hydroxylation sites is 3. The number of nitrogens with one attached hydrogen (secondary N) is 1. The summed E-state index contributed by atoms with van der Waals surface area (Å²) in [6.07, 6.45) is -0.786. The Morgan fingerprint density at radius 3 is 2.48 bits per heavy atom. The number of amides is 2. The highest BCUT2D eigenvalue weighted by Crippen LogP contribution is 2.31. The van der Waals surface area contributed by atoms with Gasteiger partial charge in [0.1, 0.15) is 6.61 Å². The summed E-state index contributed by atoms with van der Waals surface area (Å²) < 4.78 is 16.6. The predicted octanol–water partition coefficient (Wildman–Crippen LogP) is 1.94. The third-order valence-electron chi connectivity index (χ3n) is 4.51. The van der Waals surface area contributed by atoms with E-state index in [0.717, 1.165) is 0 Å². The molecule has 0 spiro atoms. The van der Waals surface area contributed by atoms with E-state index in [1.165, 1.54) is 0 Å². The number of ether oxygens (including phenoxy) is 3. The van der Waals surface area contributed by atoms with E-state index in [4.69, 9.17) is 14.2 Å². The van der Waals surface area contributed by atoms with Crippen molar-refractivity contribution in [3.05, 3.63) is 54.1 Å². The number of benzene rings is 2. The van der Waals surface area contributed by atoms with Crippen LogP contribution in [-0.2, 0) is 9.53 Å². The van der Waals surface area contributed by atoms with Crippen LogP contribution in [0.3, 0.4) is 0 Å². The molecule has 0 aliphatic carbocycles. The van der Waals surface area contributed by atoms with Crippen molar-refractivity contribution in [3.63, 3.8) is 0 Å². The maximum atomic E-state index is 12.8. The van der Waals surface area contributed by atoms with Gasteiger partial charge < -0.3 is 24.4 Å². The van der Waals surface area contributed by atoms with Crippen LogP contribution in [0, 0.1) is 0 Å². The minimum absolute atomic E-state index is 0.114. The lowest BCUT2D eigenvalue weighted by molar-refractivity contribution is -0.125. The molecule has 1 fully saturated rings. The van der Waals surface area contributed by atoms with Gasteiger partial charge in [-0.05, 0) is 24.3 Å². The average molecular weight is 368 g/mol. The fraction of sp³-hybridized carbons (Fsp3) is 0.300. The molecule has 1 atom stereocenters. The summed E-state index contributed by atoms with van der Waals surface area (Å²) in [7, 11) is 0. The van der Waals surface area contributed by atoms with Crippen molar-refractivity contribution in [1.82, 2.24) is 4.90 Å². The standard InChI is InChI=1S/C20H20N2O5/c23-19(18-13-26-16-7-3-4-8-17(16)27-18)21-15-6-2-1-5-14(15)20(24)22-9-11-25-12-10-22/h1-8,18H,9-13H2,(H,21,23)/t18-/m0/s1. The molecule has 0 saturated carbocycles. The van der Waals surface area contributed by atoms with Crippen LogP contribution in [0.2, 0.25) is 0 Å². The quantitative estimate of drug-likeness (QED) is 0.896. The van der Waals surface area contributed by atoms with Crippen molar-refractivity contribution >= 4 is 17.5 Å². The topological polar surface area (TPSA) is 77.1 Å². The molecule has 4 rings (SSSR count). The Labute approximate surface area is 156 Å². The number of morpholine rings is 1. The Balaban J connectivity index is 1.48. The average Bonchev–Trinajstić information content (AvgIpc) is 2.74. The van der Waals surface area contributed by atoms with Crippen molar-refractivity contribution in [2.45, 2.75) is 6.10 Å². The van der Waals surface area contributed by atoms with Crippen molar-refractivity contribution in [3.8, 4) is 11.5 Å². The third kappa shape index (κ3) is 3.73. The van der Waals surface area contributed by atoms with Gasteiger partial charge in [-0.25, -0.2) is 0 Å². The summed E-state index contributed by atoms with van der Waals surface area (Å²) in [5.41, 5.74) is 0.909. The van der Waals surface area contributed by atoms with Gasteiger partial charge in [0.2, 0.25) is 6.10 Å². The second-order valence-corrected chi connectivity index (χ2v) is 6.30. The van der Waals surface area contributed by atoms with Gasteiger partial charge in [0.05, 0.1) is 24.5 Å². The molecule has 7 heteroatoms. The fourth-order valence-electron chi connectivity index (χ4n) is 3.08. The number of rotatable bonds is 3. The maximum absolute atomic E-state index is 12.8. The van der Waals surface area contributed by atoms with Crippen LogP contribution in [0.4, 0.5) is 5.69 Å². The van der Waals surface area contributed by atoms with Gasteiger partial charge in [0.15, 0.2) is 11.5 Å². The van der Waals surface area contributed by atoms with E-state index >= 15 is 0 Å². The van der Waals surface area contributed by atoms with Crippen LogP contribution in [-0.4, -0.2) is 55.7 Å². The van der Waals surface area contributed by atoms with E-state index in [0.29, 0.717) is 49.1 Å². The molecule has 2 aromatic carbocycles. The number of carbonyl (C=O) groups excluding carboxylic acids is 2. The van der Waals surface area contributed by atoms with Crippen molar-refractivity contribution < 1.29 is 23.8 Å². The Morgan fingerprint density at radius 1 is 0.963 bits per heavy atom. The zero-order valence-electron chi connectivity index (χ0n) is 14.7. The van der Waals surface area contributed by atoms with Gasteiger partial charge in [-0.3, -0.25) is 9.59 Å². The lowest BCUT2D eigenvalue weighted by Gasteiger charge is -2.28. The molecule has 2 aliphatic heterocycles. The maximum Gasteiger partial charge on any atom is 0.269 e. The lowest BCUT2D eigenvalue weighted by Crippen LogP contribution is -2.42. The third-order valence-corrected chi connectivity index (χ3v) is 4.51. The first-order valence-electron chi connectivity index (χ1n) is 8.88. The van der Waals surface area contributed by atoms with Crippen LogP contribution in [0.1, 0.15) is 10.4 Å². The van der Waals surface area contributed by atoms with Gasteiger partial charge in [0.25, 0.3) is 11.8 Å². The molecule has 2 heterocycles. The van der Waals surface area contributed by atoms with Gasteiger partial charge in [-0.15, -0.1) is 0 Å². The van der Waals surface area contributed by atoms with E-state index in [9.17, 15) is 9.59 Å². The van der Waals surface area contributed by atoms with E-state index < -0.39 is 6.10 Å². The molecule has 140 valence electrons. The molecule has 2 aliphatic rings. The highest BCUT2D eigenvalue weighted by Gasteiger charge is 2.29. The van der Waals surface area contributed by atoms with E-state index in [1.807, 2.05) is 12.1 Å². The van der Waals surface area contributed by atoms with E-state index in [2.05, 4.69) is 5.32 Å². The number of anilines is 1. The minimum Gasteiger partial charge on any atom is -0.485 e. The summed E-state index contributed by atoms with van der Waals surface area (Å²) in [5.74, 6) is 0.665. The van der Waals surface area contributed by atoms with Crippen molar-refractivity contribution in [2.75, 3.05) is 38.2 Å². The Kier molecular flexibility index (Phi) is 4.93. The van der Waals surface area contributed by atoms with Crippen molar-refractivity contribution in [2.24, 2.45) is 0 Å². The van der Waals surface area contributed by atoms with Crippen LogP contribution in [0.25, 0.3) is 0 Å². The molecular weight excluding hydrogens is 348 g/mol. The number of fused-ring (bicyclic) bond motifs is 1. The summed E-state index contributed by atoms with van der Waals surface area (Å²) >= 11 is 0. The first kappa shape index (κ1) is 17.4. The van der Waals surface area contributed by atoms with Gasteiger partial charge in [0, 0.05) is 13.1 Å². The summed E-state index contributed by atoms with van der Waals surface area (Å²) in [6.45, 7) is 2.23. The Bertz CT molecular complexity index is 848.